The van der Waals surface area contributed by atoms with Crippen molar-refractivity contribution in [3.05, 3.63) is 81.8 Å². The molecule has 0 bridgehead atoms. The van der Waals surface area contributed by atoms with Crippen LogP contribution in [0.1, 0.15) is 25.9 Å². The first-order valence-electron chi connectivity index (χ1n) is 9.61. The summed E-state index contributed by atoms with van der Waals surface area (Å²) in [6.45, 7) is 1.73. The van der Waals surface area contributed by atoms with E-state index in [1.807, 2.05) is 65.6 Å². The van der Waals surface area contributed by atoms with E-state index in [1.165, 1.54) is 11.3 Å². The normalized spacial score (nSPS) is 13.3. The number of carbonyl (C=O) groups excluding carboxylic acids is 2. The summed E-state index contributed by atoms with van der Waals surface area (Å²) < 4.78 is 0. The van der Waals surface area contributed by atoms with Crippen molar-refractivity contribution >= 4 is 29.0 Å². The van der Waals surface area contributed by atoms with Crippen molar-refractivity contribution in [2.75, 3.05) is 18.4 Å². The number of carbonyl (C=O) groups is 2. The third-order valence-corrected chi connectivity index (χ3v) is 5.96. The van der Waals surface area contributed by atoms with E-state index in [9.17, 15) is 9.59 Å². The van der Waals surface area contributed by atoms with Crippen molar-refractivity contribution in [1.29, 1.82) is 0 Å². The fourth-order valence-electron chi connectivity index (χ4n) is 3.25. The number of thiazole rings is 1. The lowest BCUT2D eigenvalue weighted by molar-refractivity contribution is 0.102. The number of urea groups is 1. The fourth-order valence-corrected chi connectivity index (χ4v) is 4.25. The summed E-state index contributed by atoms with van der Waals surface area (Å²) >= 11 is 1.42. The molecule has 0 atom stereocenters. The SMILES string of the molecule is O=C(Nc1ccccc1)c1nc2c(s1)CCN(C(=O)NCc1ccccc1)CC2. The van der Waals surface area contributed by atoms with E-state index >= 15 is 0 Å². The molecule has 2 aromatic carbocycles. The van der Waals surface area contributed by atoms with Crippen LogP contribution in [0, 0.1) is 0 Å². The molecule has 0 fully saturated rings. The quantitative estimate of drug-likeness (QED) is 0.694. The number of fused-ring (bicyclic) bond motifs is 1. The van der Waals surface area contributed by atoms with Crippen molar-refractivity contribution in [1.82, 2.24) is 15.2 Å². The van der Waals surface area contributed by atoms with Gasteiger partial charge in [0.05, 0.1) is 5.69 Å². The molecule has 3 aromatic rings. The molecule has 1 aromatic heterocycles. The second kappa shape index (κ2) is 8.87. The highest BCUT2D eigenvalue weighted by atomic mass is 32.1. The highest BCUT2D eigenvalue weighted by Gasteiger charge is 2.23. The van der Waals surface area contributed by atoms with Gasteiger partial charge in [0, 0.05) is 43.0 Å². The van der Waals surface area contributed by atoms with Crippen LogP contribution in [-0.4, -0.2) is 34.9 Å². The maximum absolute atomic E-state index is 12.5. The molecule has 1 aliphatic heterocycles. The van der Waals surface area contributed by atoms with Crippen LogP contribution in [0.25, 0.3) is 0 Å². The number of nitrogens with one attached hydrogen (secondary N) is 2. The summed E-state index contributed by atoms with van der Waals surface area (Å²) in [6.07, 6.45) is 1.37. The topological polar surface area (TPSA) is 74.3 Å². The van der Waals surface area contributed by atoms with E-state index in [0.29, 0.717) is 37.5 Å². The molecular formula is C22H22N4O2S. The van der Waals surface area contributed by atoms with Crippen molar-refractivity contribution < 1.29 is 9.59 Å². The molecule has 29 heavy (non-hydrogen) atoms. The van der Waals surface area contributed by atoms with Crippen LogP contribution >= 0.6 is 11.3 Å². The maximum atomic E-state index is 12.5. The summed E-state index contributed by atoms with van der Waals surface area (Å²) in [5, 5.41) is 6.33. The lowest BCUT2D eigenvalue weighted by Crippen LogP contribution is -2.41. The maximum Gasteiger partial charge on any atom is 0.317 e. The average molecular weight is 407 g/mol. The average Bonchev–Trinajstić information content (AvgIpc) is 3.07. The number of anilines is 1. The summed E-state index contributed by atoms with van der Waals surface area (Å²) in [6, 6.07) is 19.2. The second-order valence-corrected chi connectivity index (χ2v) is 7.92. The first-order valence-corrected chi connectivity index (χ1v) is 10.4. The minimum atomic E-state index is -0.188. The summed E-state index contributed by atoms with van der Waals surface area (Å²) in [4.78, 5) is 32.4. The first kappa shape index (κ1) is 19.1. The Kier molecular flexibility index (Phi) is 5.86. The van der Waals surface area contributed by atoms with Gasteiger partial charge in [0.15, 0.2) is 5.01 Å². The van der Waals surface area contributed by atoms with Gasteiger partial charge in [-0.1, -0.05) is 48.5 Å². The molecule has 0 unspecified atom stereocenters. The Bertz CT molecular complexity index is 963. The number of benzene rings is 2. The Morgan fingerprint density at radius 2 is 1.66 bits per heavy atom. The van der Waals surface area contributed by atoms with Crippen molar-refractivity contribution in [3.8, 4) is 0 Å². The molecule has 0 radical (unpaired) electrons. The van der Waals surface area contributed by atoms with Crippen molar-refractivity contribution in [2.45, 2.75) is 19.4 Å². The number of rotatable bonds is 4. The zero-order valence-electron chi connectivity index (χ0n) is 15.9. The van der Waals surface area contributed by atoms with E-state index in [1.54, 1.807) is 0 Å². The van der Waals surface area contributed by atoms with Gasteiger partial charge < -0.3 is 15.5 Å². The van der Waals surface area contributed by atoms with Gasteiger partial charge >= 0.3 is 6.03 Å². The summed E-state index contributed by atoms with van der Waals surface area (Å²) in [5.74, 6) is -0.188. The molecule has 0 spiro atoms. The fraction of sp³-hybridized carbons (Fsp3) is 0.227. The molecule has 1 aliphatic rings. The van der Waals surface area contributed by atoms with Gasteiger partial charge in [0.1, 0.15) is 0 Å². The molecule has 0 aliphatic carbocycles. The van der Waals surface area contributed by atoms with Gasteiger partial charge in [-0.2, -0.15) is 0 Å². The van der Waals surface area contributed by atoms with E-state index in [0.717, 1.165) is 21.8 Å². The zero-order chi connectivity index (χ0) is 20.1. The smallest absolute Gasteiger partial charge is 0.317 e. The molecule has 7 heteroatoms. The third-order valence-electron chi connectivity index (χ3n) is 4.81. The van der Waals surface area contributed by atoms with Gasteiger partial charge in [0.2, 0.25) is 0 Å². The number of aromatic nitrogens is 1. The summed E-state index contributed by atoms with van der Waals surface area (Å²) in [5.41, 5.74) is 2.75. The van der Waals surface area contributed by atoms with Crippen molar-refractivity contribution in [2.24, 2.45) is 0 Å². The predicted octanol–water partition coefficient (Wildman–Crippen LogP) is 3.71. The van der Waals surface area contributed by atoms with Crippen LogP contribution in [-0.2, 0) is 19.4 Å². The van der Waals surface area contributed by atoms with E-state index in [2.05, 4.69) is 15.6 Å². The Hall–Kier alpha value is -3.19. The van der Waals surface area contributed by atoms with Crippen LogP contribution < -0.4 is 10.6 Å². The molecule has 0 saturated heterocycles. The Balaban J connectivity index is 1.33. The van der Waals surface area contributed by atoms with Crippen LogP contribution in [0.4, 0.5) is 10.5 Å². The van der Waals surface area contributed by atoms with Gasteiger partial charge in [0.25, 0.3) is 5.91 Å². The molecule has 3 amide bonds. The predicted molar refractivity (Wildman–Crippen MR) is 114 cm³/mol. The number of para-hydroxylation sites is 1. The Morgan fingerprint density at radius 3 is 2.41 bits per heavy atom. The van der Waals surface area contributed by atoms with Gasteiger partial charge in [-0.3, -0.25) is 4.79 Å². The van der Waals surface area contributed by atoms with E-state index in [-0.39, 0.29) is 11.9 Å². The minimum absolute atomic E-state index is 0.0638. The second-order valence-electron chi connectivity index (χ2n) is 6.84. The van der Waals surface area contributed by atoms with Gasteiger partial charge in [-0.05, 0) is 17.7 Å². The van der Waals surface area contributed by atoms with Gasteiger partial charge in [-0.15, -0.1) is 11.3 Å². The molecule has 0 saturated carbocycles. The largest absolute Gasteiger partial charge is 0.334 e. The number of hydrogen-bond acceptors (Lipinski definition) is 4. The Labute approximate surface area is 173 Å². The standard InChI is InChI=1S/C22H22N4O2S/c27-20(24-17-9-5-2-6-10-17)21-25-18-11-13-26(14-12-19(18)29-21)22(28)23-15-16-7-3-1-4-8-16/h1-10H,11-15H2,(H,23,28)(H,24,27). The minimum Gasteiger partial charge on any atom is -0.334 e. The number of nitrogens with zero attached hydrogens (tertiary/aromatic N) is 2. The molecule has 148 valence electrons. The van der Waals surface area contributed by atoms with Crippen molar-refractivity contribution in [3.63, 3.8) is 0 Å². The molecule has 6 nitrogen and oxygen atoms in total. The number of hydrogen-bond donors (Lipinski definition) is 2. The summed E-state index contributed by atoms with van der Waals surface area (Å²) in [7, 11) is 0. The lowest BCUT2D eigenvalue weighted by atomic mass is 10.2. The third kappa shape index (κ3) is 4.81. The highest BCUT2D eigenvalue weighted by molar-refractivity contribution is 7.13. The van der Waals surface area contributed by atoms with Crippen LogP contribution in [0.3, 0.4) is 0 Å². The van der Waals surface area contributed by atoms with Crippen LogP contribution in [0.2, 0.25) is 0 Å². The lowest BCUT2D eigenvalue weighted by Gasteiger charge is -2.20. The molecular weight excluding hydrogens is 384 g/mol. The molecule has 2 heterocycles. The Morgan fingerprint density at radius 1 is 0.966 bits per heavy atom. The first-order chi connectivity index (χ1) is 14.2. The highest BCUT2D eigenvalue weighted by Crippen LogP contribution is 2.24. The van der Waals surface area contributed by atoms with Crippen LogP contribution in [0.5, 0.6) is 0 Å². The van der Waals surface area contributed by atoms with E-state index in [4.69, 9.17) is 0 Å². The number of amides is 3. The molecule has 4 rings (SSSR count). The van der Waals surface area contributed by atoms with Gasteiger partial charge in [-0.25, -0.2) is 9.78 Å². The zero-order valence-corrected chi connectivity index (χ0v) is 16.7. The van der Waals surface area contributed by atoms with Crippen LogP contribution in [0.15, 0.2) is 60.7 Å². The van der Waals surface area contributed by atoms with E-state index < -0.39 is 0 Å². The monoisotopic (exact) mass is 406 g/mol. The molecule has 2 N–H and O–H groups in total.